The summed E-state index contributed by atoms with van der Waals surface area (Å²) in [4.78, 5) is 0. The molecule has 4 aliphatic carbocycles. The van der Waals surface area contributed by atoms with Gasteiger partial charge in [0, 0.05) is 0 Å². The van der Waals surface area contributed by atoms with E-state index in [1.165, 1.54) is 0 Å². The van der Waals surface area contributed by atoms with E-state index in [4.69, 9.17) is 37.9 Å². The molecule has 24 heteroatoms. The van der Waals surface area contributed by atoms with Gasteiger partial charge in [0.2, 0.25) is 0 Å². The van der Waals surface area contributed by atoms with Crippen molar-refractivity contribution < 1.29 is 120 Å². The van der Waals surface area contributed by atoms with Crippen molar-refractivity contribution in [3.05, 3.63) is 12.2 Å². The maximum Gasteiger partial charge on any atom is 0.187 e. The zero-order chi connectivity index (χ0) is 56.9. The molecule has 0 amide bonds. The molecule has 77 heavy (non-hydrogen) atoms. The summed E-state index contributed by atoms with van der Waals surface area (Å²) in [5.74, 6) is -1.14. The van der Waals surface area contributed by atoms with Crippen molar-refractivity contribution in [3.8, 4) is 0 Å². The highest BCUT2D eigenvalue weighted by Gasteiger charge is 2.73. The molecule has 2 unspecified atom stereocenters. The summed E-state index contributed by atoms with van der Waals surface area (Å²) in [6.07, 6.45) is -27.3. The predicted octanol–water partition coefficient (Wildman–Crippen LogP) is -3.62. The molecule has 30 atom stereocenters. The van der Waals surface area contributed by atoms with Gasteiger partial charge in [-0.05, 0) is 111 Å². The number of aliphatic hydroxyl groups is 16. The lowest BCUT2D eigenvalue weighted by Gasteiger charge is -2.71. The van der Waals surface area contributed by atoms with E-state index in [2.05, 4.69) is 20.8 Å². The summed E-state index contributed by atoms with van der Waals surface area (Å²) in [6, 6.07) is 0. The van der Waals surface area contributed by atoms with E-state index in [1.807, 2.05) is 20.8 Å². The number of rotatable bonds is 15. The van der Waals surface area contributed by atoms with Crippen LogP contribution >= 0.6 is 0 Å². The maximum absolute atomic E-state index is 12.8. The van der Waals surface area contributed by atoms with Gasteiger partial charge in [0.1, 0.15) is 91.6 Å². The smallest absolute Gasteiger partial charge is 0.187 e. The Kier molecular flexibility index (Phi) is 18.3. The molecule has 4 heterocycles. The first-order chi connectivity index (χ1) is 35.8. The molecule has 4 saturated carbocycles. The van der Waals surface area contributed by atoms with Crippen molar-refractivity contribution in [2.75, 3.05) is 26.4 Å². The van der Waals surface area contributed by atoms with Gasteiger partial charge in [-0.2, -0.15) is 0 Å². The first kappa shape index (κ1) is 61.8. The van der Waals surface area contributed by atoms with Crippen molar-refractivity contribution in [1.82, 2.24) is 0 Å². The molecular formula is C53H90O24. The molecule has 0 aromatic rings. The third kappa shape index (κ3) is 11.0. The van der Waals surface area contributed by atoms with Gasteiger partial charge in [0.25, 0.3) is 0 Å². The molecule has 8 aliphatic rings. The molecule has 0 bridgehead atoms. The van der Waals surface area contributed by atoms with Crippen molar-refractivity contribution in [2.45, 2.75) is 247 Å². The lowest BCUT2D eigenvalue weighted by atomic mass is 9.35. The van der Waals surface area contributed by atoms with E-state index in [0.717, 1.165) is 0 Å². The Morgan fingerprint density at radius 2 is 1.13 bits per heavy atom. The number of hydrogen-bond acceptors (Lipinski definition) is 24. The molecule has 0 spiro atoms. The van der Waals surface area contributed by atoms with Crippen LogP contribution < -0.4 is 0 Å². The SMILES string of the molecule is CC(C)(O)/C=C/C[C@](C)(O[C@@H]1O[C@H](CO[C@@H]2OC[C@@H](O)[C@H](O)[C@H]2O)[C@@H](O)[C@H](O)[C@H]1O)[C@H]1CC[C@]2(C)[C@@H]1[C@H](O)CC1[C@@]3(C)C[C@@H](O)[C@H](O[C@@H]4O[C@H](CO)[C@@H](O)[C@H](O)[C@H]4O[C@@H]4O[C@H](CO)[C@@H](O)[C@H](O)[C@H]4O)C(C)(C)C3CC[C@]12C. The molecule has 24 nitrogen and oxygen atoms in total. The summed E-state index contributed by atoms with van der Waals surface area (Å²) in [7, 11) is 0. The molecule has 446 valence electrons. The van der Waals surface area contributed by atoms with Crippen LogP contribution in [0.4, 0.5) is 0 Å². The Morgan fingerprint density at radius 3 is 1.75 bits per heavy atom. The van der Waals surface area contributed by atoms with Gasteiger partial charge in [-0.1, -0.05) is 46.8 Å². The highest BCUT2D eigenvalue weighted by molar-refractivity contribution is 5.22. The maximum atomic E-state index is 12.8. The van der Waals surface area contributed by atoms with Crippen LogP contribution in [0.3, 0.4) is 0 Å². The van der Waals surface area contributed by atoms with Gasteiger partial charge in [0.15, 0.2) is 25.2 Å². The minimum absolute atomic E-state index is 0.155. The second kappa shape index (κ2) is 22.7. The second-order valence-electron chi connectivity index (χ2n) is 25.9. The fourth-order valence-electron chi connectivity index (χ4n) is 16.0. The molecule has 8 fully saturated rings. The molecule has 4 aliphatic heterocycles. The molecule has 4 saturated heterocycles. The quantitative estimate of drug-likeness (QED) is 0.0556. The molecule has 0 aromatic carbocycles. The van der Waals surface area contributed by atoms with Crippen molar-refractivity contribution >= 4 is 0 Å². The first-order valence-electron chi connectivity index (χ1n) is 27.4. The van der Waals surface area contributed by atoms with E-state index in [1.54, 1.807) is 26.0 Å². The normalized spacial score (nSPS) is 53.1. The zero-order valence-electron chi connectivity index (χ0n) is 45.4. The van der Waals surface area contributed by atoms with E-state index >= 15 is 0 Å². The zero-order valence-corrected chi connectivity index (χ0v) is 45.4. The van der Waals surface area contributed by atoms with Crippen LogP contribution in [0.2, 0.25) is 0 Å². The summed E-state index contributed by atoms with van der Waals surface area (Å²) in [5, 5.41) is 175. The Morgan fingerprint density at radius 1 is 0.571 bits per heavy atom. The standard InChI is InChI=1S/C53H90O24/c1-48(2,69)12-9-13-53(8,77-46-41(68)37(64)35(62)28(74-46)21-71-44-39(66)32(59)25(58)20-70-44)22-10-14-52(7)31(22)23(56)16-30-50(5)17-24(57)43(49(3,4)29(50)11-15-51(30,52)6)76-47-42(38(65)34(61)27(19-55)73-47)75-45-40(67)36(63)33(60)26(18-54)72-45/h9,12,22-47,54-69H,10-11,13-21H2,1-8H3/b12-9+/t22-,23+,24+,25+,26+,27+,28+,29?,30?,31-,32-,33+,34+,35+,36-,37-,38-,39+,40+,41+,42+,43-,44-,45-,46-,47-,50-,51+,52+,53-/m0/s1. The van der Waals surface area contributed by atoms with E-state index in [-0.39, 0.29) is 31.3 Å². The van der Waals surface area contributed by atoms with Crippen molar-refractivity contribution in [2.24, 2.45) is 45.3 Å². The number of ether oxygens (including phenoxy) is 8. The van der Waals surface area contributed by atoms with Crippen LogP contribution in [0, 0.1) is 45.3 Å². The van der Waals surface area contributed by atoms with Crippen LogP contribution in [-0.4, -0.2) is 254 Å². The van der Waals surface area contributed by atoms with Crippen molar-refractivity contribution in [3.63, 3.8) is 0 Å². The van der Waals surface area contributed by atoms with Crippen LogP contribution in [0.5, 0.6) is 0 Å². The fourth-order valence-corrected chi connectivity index (χ4v) is 16.0. The molecular weight excluding hydrogens is 1020 g/mol. The monoisotopic (exact) mass is 1110 g/mol. The Balaban J connectivity index is 1.03. The average molecular weight is 1110 g/mol. The van der Waals surface area contributed by atoms with Crippen LogP contribution in [0.1, 0.15) is 100 Å². The minimum atomic E-state index is -1.88. The largest absolute Gasteiger partial charge is 0.394 e. The topological polar surface area (TPSA) is 398 Å². The summed E-state index contributed by atoms with van der Waals surface area (Å²) in [5.41, 5.74) is -4.96. The van der Waals surface area contributed by atoms with Gasteiger partial charge < -0.3 is 120 Å². The van der Waals surface area contributed by atoms with Crippen molar-refractivity contribution in [1.29, 1.82) is 0 Å². The lowest BCUT2D eigenvalue weighted by Crippen LogP contribution is -2.70. The number of aliphatic hydroxyl groups excluding tert-OH is 15. The van der Waals surface area contributed by atoms with Gasteiger partial charge >= 0.3 is 0 Å². The third-order valence-corrected chi connectivity index (χ3v) is 20.3. The Labute approximate surface area is 449 Å². The number of hydrogen-bond donors (Lipinski definition) is 16. The molecule has 0 aromatic heterocycles. The lowest BCUT2D eigenvalue weighted by molar-refractivity contribution is -0.383. The van der Waals surface area contributed by atoms with Crippen LogP contribution in [0.25, 0.3) is 0 Å². The summed E-state index contributed by atoms with van der Waals surface area (Å²) in [6.45, 7) is 13.3. The highest BCUT2D eigenvalue weighted by atomic mass is 16.8. The van der Waals surface area contributed by atoms with Gasteiger partial charge in [-0.3, -0.25) is 0 Å². The highest BCUT2D eigenvalue weighted by Crippen LogP contribution is 2.76. The molecule has 0 radical (unpaired) electrons. The van der Waals surface area contributed by atoms with Gasteiger partial charge in [0.05, 0.1) is 55.9 Å². The Hall–Kier alpha value is -1.22. The first-order valence-corrected chi connectivity index (χ1v) is 27.4. The summed E-state index contributed by atoms with van der Waals surface area (Å²) < 4.78 is 48.3. The molecule has 8 rings (SSSR count). The van der Waals surface area contributed by atoms with E-state index in [9.17, 15) is 81.7 Å². The van der Waals surface area contributed by atoms with Crippen LogP contribution in [0.15, 0.2) is 12.2 Å². The average Bonchev–Trinajstić information content (AvgIpc) is 4.01. The van der Waals surface area contributed by atoms with Gasteiger partial charge in [-0.25, -0.2) is 0 Å². The third-order valence-electron chi connectivity index (χ3n) is 20.3. The molecule has 16 N–H and O–H groups in total. The predicted molar refractivity (Wildman–Crippen MR) is 263 cm³/mol. The van der Waals surface area contributed by atoms with E-state index in [0.29, 0.717) is 32.1 Å². The van der Waals surface area contributed by atoms with Gasteiger partial charge in [-0.15, -0.1) is 0 Å². The Bertz CT molecular complexity index is 2010. The van der Waals surface area contributed by atoms with E-state index < -0.39 is 200 Å². The second-order valence-corrected chi connectivity index (χ2v) is 25.9. The summed E-state index contributed by atoms with van der Waals surface area (Å²) >= 11 is 0. The van der Waals surface area contributed by atoms with Crippen LogP contribution in [-0.2, 0) is 37.9 Å². The number of fused-ring (bicyclic) bond motifs is 5. The minimum Gasteiger partial charge on any atom is -0.394 e. The fraction of sp³-hybridized carbons (Fsp3) is 0.962.